The molecule has 0 unspecified atom stereocenters. The van der Waals surface area contributed by atoms with Gasteiger partial charge in [-0.15, -0.1) is 0 Å². The smallest absolute Gasteiger partial charge is 0.254 e. The summed E-state index contributed by atoms with van der Waals surface area (Å²) < 4.78 is 1.52. The second kappa shape index (κ2) is 8.34. The van der Waals surface area contributed by atoms with E-state index in [1.165, 1.54) is 17.6 Å². The average Bonchev–Trinajstić information content (AvgIpc) is 2.62. The highest BCUT2D eigenvalue weighted by molar-refractivity contribution is 5.87. The molecule has 0 radical (unpaired) electrons. The predicted octanol–water partition coefficient (Wildman–Crippen LogP) is 0.615. The summed E-state index contributed by atoms with van der Waals surface area (Å²) >= 11 is 0. The van der Waals surface area contributed by atoms with Crippen LogP contribution in [0.3, 0.4) is 0 Å². The second-order valence-corrected chi connectivity index (χ2v) is 6.99. The molecule has 2 aromatic heterocycles. The summed E-state index contributed by atoms with van der Waals surface area (Å²) in [5.74, 6) is 0.455. The molecule has 0 spiro atoms. The van der Waals surface area contributed by atoms with Crippen molar-refractivity contribution in [3.05, 3.63) is 22.6 Å². The Hall–Kier alpha value is -2.68. The van der Waals surface area contributed by atoms with Crippen LogP contribution >= 0.6 is 0 Å². The minimum Gasteiger partial charge on any atom is -0.398 e. The van der Waals surface area contributed by atoms with Gasteiger partial charge in [-0.1, -0.05) is 0 Å². The number of nitrogens with two attached hydrogens (primary N) is 1. The minimum absolute atomic E-state index is 0.00251. The summed E-state index contributed by atoms with van der Waals surface area (Å²) in [6, 6.07) is 1.80. The second-order valence-electron chi connectivity index (χ2n) is 6.99. The number of carbonyl (C=O) groups excluding carboxylic acids is 1. The topological polar surface area (TPSA) is 135 Å². The molecule has 0 bridgehead atoms. The molecule has 27 heavy (non-hydrogen) atoms. The van der Waals surface area contributed by atoms with Gasteiger partial charge in [0.1, 0.15) is 5.65 Å². The third-order valence-corrected chi connectivity index (χ3v) is 4.89. The van der Waals surface area contributed by atoms with Gasteiger partial charge >= 0.3 is 0 Å². The Balaban J connectivity index is 1.78. The summed E-state index contributed by atoms with van der Waals surface area (Å²) in [5, 5.41) is 16.0. The number of nitrogen functional groups attached to an aromatic ring is 1. The molecule has 5 N–H and O–H groups in total. The molecule has 1 fully saturated rings. The molecule has 2 aromatic rings. The van der Waals surface area contributed by atoms with Crippen LogP contribution < -0.4 is 21.9 Å². The zero-order valence-electron chi connectivity index (χ0n) is 15.4. The lowest BCUT2D eigenvalue weighted by Crippen LogP contribution is -2.39. The zero-order valence-corrected chi connectivity index (χ0v) is 15.4. The van der Waals surface area contributed by atoms with Gasteiger partial charge in [0.2, 0.25) is 11.9 Å². The van der Waals surface area contributed by atoms with Crippen molar-refractivity contribution in [2.75, 3.05) is 17.7 Å². The average molecular weight is 374 g/mol. The quantitative estimate of drug-likeness (QED) is 0.582. The molecule has 0 aromatic carbocycles. The third-order valence-electron chi connectivity index (χ3n) is 4.89. The largest absolute Gasteiger partial charge is 0.398 e. The molecule has 2 heterocycles. The monoisotopic (exact) mass is 374 g/mol. The zero-order chi connectivity index (χ0) is 19.4. The van der Waals surface area contributed by atoms with E-state index in [1.54, 1.807) is 6.20 Å². The van der Waals surface area contributed by atoms with Gasteiger partial charge in [0.05, 0.1) is 5.39 Å². The molecule has 1 amide bonds. The number of hydrogen-bond donors (Lipinski definition) is 4. The van der Waals surface area contributed by atoms with E-state index >= 15 is 0 Å². The van der Waals surface area contributed by atoms with Gasteiger partial charge in [-0.2, -0.15) is 4.98 Å². The van der Waals surface area contributed by atoms with Gasteiger partial charge in [0, 0.05) is 50.1 Å². The first kappa shape index (κ1) is 19.1. The van der Waals surface area contributed by atoms with E-state index < -0.39 is 0 Å². The number of fused-ring (bicyclic) bond motifs is 1. The van der Waals surface area contributed by atoms with Crippen molar-refractivity contribution >= 4 is 28.6 Å². The van der Waals surface area contributed by atoms with E-state index in [9.17, 15) is 9.59 Å². The fourth-order valence-electron chi connectivity index (χ4n) is 3.54. The Bertz CT molecular complexity index is 873. The van der Waals surface area contributed by atoms with Crippen LogP contribution in [0.4, 0.5) is 11.6 Å². The minimum atomic E-state index is -0.242. The van der Waals surface area contributed by atoms with Gasteiger partial charge in [-0.3, -0.25) is 14.2 Å². The Morgan fingerprint density at radius 3 is 2.70 bits per heavy atom. The molecule has 0 aliphatic heterocycles. The molecule has 1 saturated carbocycles. The maximum atomic E-state index is 12.3. The Morgan fingerprint density at radius 1 is 1.33 bits per heavy atom. The Morgan fingerprint density at radius 2 is 2.04 bits per heavy atom. The summed E-state index contributed by atoms with van der Waals surface area (Å²) in [6.45, 7) is 1.89. The summed E-state index contributed by atoms with van der Waals surface area (Å²) in [5.41, 5.74) is 6.52. The summed E-state index contributed by atoms with van der Waals surface area (Å²) in [7, 11) is 0. The van der Waals surface area contributed by atoms with Crippen molar-refractivity contribution in [1.29, 1.82) is 0 Å². The molecular formula is C18H26N6O3. The van der Waals surface area contributed by atoms with Crippen molar-refractivity contribution in [3.63, 3.8) is 0 Å². The van der Waals surface area contributed by atoms with Gasteiger partial charge in [0.25, 0.3) is 5.56 Å². The molecule has 9 nitrogen and oxygen atoms in total. The predicted molar refractivity (Wildman–Crippen MR) is 103 cm³/mol. The molecule has 3 rings (SSSR count). The molecular weight excluding hydrogens is 348 g/mol. The highest BCUT2D eigenvalue weighted by Crippen LogP contribution is 2.23. The Labute approximate surface area is 157 Å². The standard InChI is InChI=1S/C18H26N6O3/c1-11(26)21-12-3-5-13(6-4-12)22-18-20-10-14-15(19)9-16(27)24(7-2-8-25)17(14)23-18/h9-10,12-13,25H,2-8,19H2,1H3,(H,21,26)(H,20,22,23). The molecule has 146 valence electrons. The normalized spacial score (nSPS) is 19.8. The van der Waals surface area contributed by atoms with Crippen LogP contribution in [0.1, 0.15) is 39.0 Å². The number of aromatic nitrogens is 3. The van der Waals surface area contributed by atoms with E-state index in [2.05, 4.69) is 20.6 Å². The van der Waals surface area contributed by atoms with Gasteiger partial charge in [-0.25, -0.2) is 4.98 Å². The fraction of sp³-hybridized carbons (Fsp3) is 0.556. The molecule has 0 atom stereocenters. The number of aliphatic hydroxyl groups is 1. The maximum absolute atomic E-state index is 12.3. The lowest BCUT2D eigenvalue weighted by atomic mass is 9.91. The van der Waals surface area contributed by atoms with E-state index in [0.29, 0.717) is 35.6 Å². The number of aliphatic hydroxyl groups excluding tert-OH is 1. The van der Waals surface area contributed by atoms with E-state index in [4.69, 9.17) is 10.8 Å². The van der Waals surface area contributed by atoms with E-state index in [0.717, 1.165) is 25.7 Å². The van der Waals surface area contributed by atoms with Crippen molar-refractivity contribution in [3.8, 4) is 0 Å². The van der Waals surface area contributed by atoms with Gasteiger partial charge in [-0.05, 0) is 32.1 Å². The first-order chi connectivity index (χ1) is 13.0. The molecule has 0 saturated heterocycles. The van der Waals surface area contributed by atoms with E-state index in [-0.39, 0.29) is 30.2 Å². The van der Waals surface area contributed by atoms with Gasteiger partial charge in [0.15, 0.2) is 0 Å². The van der Waals surface area contributed by atoms with Crippen LogP contribution in [-0.4, -0.2) is 44.2 Å². The number of pyridine rings is 1. The van der Waals surface area contributed by atoms with Crippen molar-refractivity contribution in [2.45, 2.75) is 57.7 Å². The lowest BCUT2D eigenvalue weighted by Gasteiger charge is -2.29. The third kappa shape index (κ3) is 4.54. The number of aryl methyl sites for hydroxylation is 1. The first-order valence-corrected chi connectivity index (χ1v) is 9.28. The lowest BCUT2D eigenvalue weighted by molar-refractivity contribution is -0.119. The van der Waals surface area contributed by atoms with Crippen molar-refractivity contribution in [2.24, 2.45) is 0 Å². The van der Waals surface area contributed by atoms with Crippen LogP contribution in [0, 0.1) is 0 Å². The number of nitrogens with zero attached hydrogens (tertiary/aromatic N) is 3. The summed E-state index contributed by atoms with van der Waals surface area (Å²) in [6.07, 6.45) is 5.69. The SMILES string of the molecule is CC(=O)NC1CCC(Nc2ncc3c(N)cc(=O)n(CCCO)c3n2)CC1. The van der Waals surface area contributed by atoms with E-state index in [1.807, 2.05) is 0 Å². The number of amides is 1. The fourth-order valence-corrected chi connectivity index (χ4v) is 3.54. The number of carbonyl (C=O) groups is 1. The van der Waals surface area contributed by atoms with Crippen LogP contribution in [0.5, 0.6) is 0 Å². The maximum Gasteiger partial charge on any atom is 0.254 e. The van der Waals surface area contributed by atoms with Crippen LogP contribution in [0.25, 0.3) is 11.0 Å². The number of rotatable bonds is 6. The number of hydrogen-bond acceptors (Lipinski definition) is 7. The van der Waals surface area contributed by atoms with Crippen LogP contribution in [-0.2, 0) is 11.3 Å². The summed E-state index contributed by atoms with van der Waals surface area (Å²) in [4.78, 5) is 32.3. The van der Waals surface area contributed by atoms with Crippen LogP contribution in [0.15, 0.2) is 17.1 Å². The Kier molecular flexibility index (Phi) is 5.90. The van der Waals surface area contributed by atoms with Gasteiger partial charge < -0.3 is 21.5 Å². The first-order valence-electron chi connectivity index (χ1n) is 9.28. The van der Waals surface area contributed by atoms with Crippen LogP contribution in [0.2, 0.25) is 0 Å². The highest BCUT2D eigenvalue weighted by atomic mass is 16.3. The molecule has 9 heteroatoms. The molecule has 1 aliphatic carbocycles. The van der Waals surface area contributed by atoms with Crippen molar-refractivity contribution < 1.29 is 9.90 Å². The molecule has 1 aliphatic rings. The number of anilines is 2. The van der Waals surface area contributed by atoms with Crippen molar-refractivity contribution in [1.82, 2.24) is 19.9 Å². The number of nitrogens with one attached hydrogen (secondary N) is 2. The highest BCUT2D eigenvalue weighted by Gasteiger charge is 2.22.